The molecular weight excluding hydrogens is 214 g/mol. The number of aromatic amines is 1. The lowest BCUT2D eigenvalue weighted by Crippen LogP contribution is -2.21. The van der Waals surface area contributed by atoms with Gasteiger partial charge in [-0.2, -0.15) is 4.98 Å². The molecular formula is C13H19N3O. The molecule has 1 saturated carbocycles. The molecule has 0 bridgehead atoms. The van der Waals surface area contributed by atoms with Crippen LogP contribution in [0.3, 0.4) is 0 Å². The summed E-state index contributed by atoms with van der Waals surface area (Å²) >= 11 is 0. The van der Waals surface area contributed by atoms with E-state index in [2.05, 4.69) is 21.4 Å². The molecule has 2 fully saturated rings. The van der Waals surface area contributed by atoms with Gasteiger partial charge >= 0.3 is 5.69 Å². The van der Waals surface area contributed by atoms with E-state index in [4.69, 9.17) is 0 Å². The van der Waals surface area contributed by atoms with Gasteiger partial charge in [0.15, 0.2) is 0 Å². The van der Waals surface area contributed by atoms with Crippen molar-refractivity contribution >= 4 is 0 Å². The number of hydrogen-bond acceptors (Lipinski definition) is 3. The number of rotatable bonds is 3. The van der Waals surface area contributed by atoms with Crippen LogP contribution in [-0.2, 0) is 6.42 Å². The first kappa shape index (κ1) is 11.0. The third kappa shape index (κ3) is 2.41. The van der Waals surface area contributed by atoms with Gasteiger partial charge in [0.2, 0.25) is 0 Å². The van der Waals surface area contributed by atoms with Crippen molar-refractivity contribution in [2.75, 3.05) is 13.1 Å². The predicted octanol–water partition coefficient (Wildman–Crippen LogP) is 1.19. The Morgan fingerprint density at radius 2 is 2.24 bits per heavy atom. The summed E-state index contributed by atoms with van der Waals surface area (Å²) in [5.74, 6) is 1.21. The molecule has 1 atom stereocenters. The second-order valence-electron chi connectivity index (χ2n) is 5.33. The number of nitrogens with zero attached hydrogens (tertiary/aromatic N) is 1. The minimum absolute atomic E-state index is 0.171. The Morgan fingerprint density at radius 1 is 1.35 bits per heavy atom. The Hall–Kier alpha value is -1.16. The van der Waals surface area contributed by atoms with Crippen LogP contribution in [0.15, 0.2) is 10.9 Å². The molecule has 17 heavy (non-hydrogen) atoms. The normalized spacial score (nSPS) is 24.8. The average Bonchev–Trinajstić information content (AvgIpc) is 2.66. The van der Waals surface area contributed by atoms with Gasteiger partial charge in [0, 0.05) is 11.6 Å². The van der Waals surface area contributed by atoms with Crippen molar-refractivity contribution in [2.24, 2.45) is 5.92 Å². The first-order valence-electron chi connectivity index (χ1n) is 6.62. The minimum Gasteiger partial charge on any atom is -0.316 e. The lowest BCUT2D eigenvalue weighted by atomic mass is 9.82. The van der Waals surface area contributed by atoms with E-state index in [1.807, 2.05) is 0 Å². The van der Waals surface area contributed by atoms with E-state index in [-0.39, 0.29) is 5.69 Å². The quantitative estimate of drug-likeness (QED) is 0.824. The minimum atomic E-state index is -0.171. The molecule has 2 heterocycles. The van der Waals surface area contributed by atoms with Gasteiger partial charge in [-0.15, -0.1) is 0 Å². The molecule has 3 rings (SSSR count). The third-order valence-corrected chi connectivity index (χ3v) is 4.01. The van der Waals surface area contributed by atoms with Crippen molar-refractivity contribution in [1.82, 2.24) is 15.3 Å². The number of H-pyrrole nitrogens is 1. The molecule has 4 heteroatoms. The zero-order chi connectivity index (χ0) is 11.7. The first-order valence-corrected chi connectivity index (χ1v) is 6.62. The second kappa shape index (κ2) is 4.61. The first-order chi connectivity index (χ1) is 8.31. The lowest BCUT2D eigenvalue weighted by Gasteiger charge is -2.24. The van der Waals surface area contributed by atoms with Crippen molar-refractivity contribution in [1.29, 1.82) is 0 Å². The summed E-state index contributed by atoms with van der Waals surface area (Å²) in [7, 11) is 0. The van der Waals surface area contributed by atoms with Crippen LogP contribution in [-0.4, -0.2) is 23.1 Å². The summed E-state index contributed by atoms with van der Waals surface area (Å²) in [6, 6.07) is 2.11. The van der Waals surface area contributed by atoms with Crippen LogP contribution in [0.5, 0.6) is 0 Å². The zero-order valence-corrected chi connectivity index (χ0v) is 10.0. The van der Waals surface area contributed by atoms with E-state index in [0.717, 1.165) is 30.9 Å². The summed E-state index contributed by atoms with van der Waals surface area (Å²) < 4.78 is 0. The van der Waals surface area contributed by atoms with Gasteiger partial charge in [0.25, 0.3) is 0 Å². The van der Waals surface area contributed by atoms with Crippen LogP contribution in [0.25, 0.3) is 0 Å². The number of aromatic nitrogens is 2. The average molecular weight is 233 g/mol. The molecule has 0 radical (unpaired) electrons. The predicted molar refractivity (Wildman–Crippen MR) is 66.1 cm³/mol. The number of hydrogen-bond donors (Lipinski definition) is 2. The van der Waals surface area contributed by atoms with Crippen molar-refractivity contribution in [3.05, 3.63) is 27.9 Å². The molecule has 1 saturated heterocycles. The van der Waals surface area contributed by atoms with Crippen molar-refractivity contribution in [3.63, 3.8) is 0 Å². The summed E-state index contributed by atoms with van der Waals surface area (Å²) in [4.78, 5) is 18.5. The molecule has 0 spiro atoms. The highest BCUT2D eigenvalue weighted by atomic mass is 16.1. The summed E-state index contributed by atoms with van der Waals surface area (Å²) in [6.45, 7) is 2.18. The Bertz CT molecular complexity index is 444. The molecule has 0 amide bonds. The summed E-state index contributed by atoms with van der Waals surface area (Å²) in [5.41, 5.74) is 1.91. The Morgan fingerprint density at radius 3 is 2.88 bits per heavy atom. The maximum atomic E-state index is 11.5. The smallest absolute Gasteiger partial charge is 0.316 e. The highest BCUT2D eigenvalue weighted by Crippen LogP contribution is 2.34. The summed E-state index contributed by atoms with van der Waals surface area (Å²) in [6.07, 6.45) is 5.86. The second-order valence-corrected chi connectivity index (χ2v) is 5.33. The molecule has 4 nitrogen and oxygen atoms in total. The summed E-state index contributed by atoms with van der Waals surface area (Å²) in [5, 5.41) is 3.36. The Kier molecular flexibility index (Phi) is 2.97. The van der Waals surface area contributed by atoms with Crippen molar-refractivity contribution in [3.8, 4) is 0 Å². The van der Waals surface area contributed by atoms with Crippen molar-refractivity contribution < 1.29 is 0 Å². The van der Waals surface area contributed by atoms with Crippen LogP contribution in [0.1, 0.15) is 43.0 Å². The van der Waals surface area contributed by atoms with E-state index < -0.39 is 0 Å². The van der Waals surface area contributed by atoms with Gasteiger partial charge in [-0.25, -0.2) is 4.79 Å². The standard InChI is InChI=1S/C13H19N3O/c17-13-15-11(6-9-4-5-14-8-9)7-12(16-13)10-2-1-3-10/h7,9-10,14H,1-6,8H2,(H,15,16,17). The SMILES string of the molecule is O=c1nc(C2CCC2)cc(CC2CCNC2)[nH]1. The van der Waals surface area contributed by atoms with E-state index in [1.54, 1.807) is 0 Å². The van der Waals surface area contributed by atoms with Gasteiger partial charge in [-0.05, 0) is 50.8 Å². The molecule has 2 aliphatic rings. The lowest BCUT2D eigenvalue weighted by molar-refractivity contribution is 0.408. The molecule has 1 aromatic heterocycles. The fourth-order valence-corrected chi connectivity index (χ4v) is 2.75. The molecule has 0 aromatic carbocycles. The fraction of sp³-hybridized carbons (Fsp3) is 0.692. The Labute approximate surface area is 101 Å². The van der Waals surface area contributed by atoms with E-state index in [1.165, 1.54) is 25.7 Å². The molecule has 1 aromatic rings. The highest BCUT2D eigenvalue weighted by molar-refractivity contribution is 5.15. The maximum absolute atomic E-state index is 11.5. The van der Waals surface area contributed by atoms with Gasteiger partial charge < -0.3 is 10.3 Å². The fourth-order valence-electron chi connectivity index (χ4n) is 2.75. The molecule has 1 aliphatic heterocycles. The van der Waals surface area contributed by atoms with Crippen LogP contribution < -0.4 is 11.0 Å². The van der Waals surface area contributed by atoms with Gasteiger partial charge in [0.05, 0.1) is 5.69 Å². The van der Waals surface area contributed by atoms with Crippen LogP contribution in [0.4, 0.5) is 0 Å². The largest absolute Gasteiger partial charge is 0.345 e. The zero-order valence-electron chi connectivity index (χ0n) is 10.0. The topological polar surface area (TPSA) is 57.8 Å². The van der Waals surface area contributed by atoms with Crippen LogP contribution in [0.2, 0.25) is 0 Å². The van der Waals surface area contributed by atoms with Crippen molar-refractivity contribution in [2.45, 2.75) is 38.0 Å². The van der Waals surface area contributed by atoms with Gasteiger partial charge in [-0.3, -0.25) is 0 Å². The molecule has 1 aliphatic carbocycles. The van der Waals surface area contributed by atoms with Crippen LogP contribution in [0, 0.1) is 5.92 Å². The van der Waals surface area contributed by atoms with E-state index in [9.17, 15) is 4.79 Å². The van der Waals surface area contributed by atoms with Crippen LogP contribution >= 0.6 is 0 Å². The Balaban J connectivity index is 1.78. The highest BCUT2D eigenvalue weighted by Gasteiger charge is 2.22. The monoisotopic (exact) mass is 233 g/mol. The van der Waals surface area contributed by atoms with Gasteiger partial charge in [-0.1, -0.05) is 6.42 Å². The van der Waals surface area contributed by atoms with E-state index >= 15 is 0 Å². The van der Waals surface area contributed by atoms with Gasteiger partial charge in [0.1, 0.15) is 0 Å². The number of nitrogens with one attached hydrogen (secondary N) is 2. The molecule has 92 valence electrons. The third-order valence-electron chi connectivity index (χ3n) is 4.01. The van der Waals surface area contributed by atoms with E-state index in [0.29, 0.717) is 11.8 Å². The molecule has 2 N–H and O–H groups in total. The maximum Gasteiger partial charge on any atom is 0.345 e. The molecule has 1 unspecified atom stereocenters.